The van der Waals surface area contributed by atoms with Gasteiger partial charge in [0.15, 0.2) is 0 Å². The van der Waals surface area contributed by atoms with E-state index in [1.807, 2.05) is 23.9 Å². The first-order valence-electron chi connectivity index (χ1n) is 6.25. The SMILES string of the molecule is CC(NC1CCCSC1)c1ccc([N+](=O)[O-])cc1. The molecule has 1 aromatic rings. The zero-order valence-corrected chi connectivity index (χ0v) is 11.3. The van der Waals surface area contributed by atoms with Crippen molar-refractivity contribution >= 4 is 17.4 Å². The second-order valence-electron chi connectivity index (χ2n) is 4.65. The summed E-state index contributed by atoms with van der Waals surface area (Å²) in [6.07, 6.45) is 2.50. The fraction of sp³-hybridized carbons (Fsp3) is 0.538. The lowest BCUT2D eigenvalue weighted by molar-refractivity contribution is -0.384. The maximum absolute atomic E-state index is 10.6. The Balaban J connectivity index is 1.95. The summed E-state index contributed by atoms with van der Waals surface area (Å²) >= 11 is 1.99. The van der Waals surface area contributed by atoms with E-state index in [0.717, 1.165) is 11.3 Å². The number of nitrogens with zero attached hydrogens (tertiary/aromatic N) is 1. The predicted octanol–water partition coefficient (Wildman–Crippen LogP) is 3.14. The molecule has 0 amide bonds. The summed E-state index contributed by atoms with van der Waals surface area (Å²) in [5.41, 5.74) is 1.26. The molecule has 1 heterocycles. The molecule has 2 rings (SSSR count). The van der Waals surface area contributed by atoms with Crippen LogP contribution < -0.4 is 5.32 Å². The number of rotatable bonds is 4. The Morgan fingerprint density at radius 1 is 1.44 bits per heavy atom. The van der Waals surface area contributed by atoms with E-state index in [-0.39, 0.29) is 16.7 Å². The Labute approximate surface area is 111 Å². The minimum atomic E-state index is -0.361. The number of benzene rings is 1. The van der Waals surface area contributed by atoms with Crippen molar-refractivity contribution in [3.63, 3.8) is 0 Å². The van der Waals surface area contributed by atoms with Crippen LogP contribution in [-0.2, 0) is 0 Å². The van der Waals surface area contributed by atoms with Gasteiger partial charge in [0.1, 0.15) is 0 Å². The number of hydrogen-bond acceptors (Lipinski definition) is 4. The molecule has 98 valence electrons. The number of hydrogen-bond donors (Lipinski definition) is 1. The molecule has 0 aromatic heterocycles. The second-order valence-corrected chi connectivity index (χ2v) is 5.80. The van der Waals surface area contributed by atoms with Gasteiger partial charge in [-0.05, 0) is 31.1 Å². The average molecular weight is 266 g/mol. The molecule has 0 spiro atoms. The van der Waals surface area contributed by atoms with Crippen molar-refractivity contribution in [1.29, 1.82) is 0 Å². The predicted molar refractivity (Wildman–Crippen MR) is 75.0 cm³/mol. The maximum atomic E-state index is 10.6. The van der Waals surface area contributed by atoms with E-state index in [0.29, 0.717) is 6.04 Å². The second kappa shape index (κ2) is 6.20. The number of non-ortho nitro benzene ring substituents is 1. The molecular weight excluding hydrogens is 248 g/mol. The van der Waals surface area contributed by atoms with Gasteiger partial charge in [0.2, 0.25) is 0 Å². The van der Waals surface area contributed by atoms with E-state index >= 15 is 0 Å². The molecule has 1 aliphatic heterocycles. The zero-order valence-electron chi connectivity index (χ0n) is 10.5. The molecule has 4 nitrogen and oxygen atoms in total. The van der Waals surface area contributed by atoms with Crippen LogP contribution in [0.1, 0.15) is 31.4 Å². The first kappa shape index (κ1) is 13.4. The topological polar surface area (TPSA) is 55.2 Å². The van der Waals surface area contributed by atoms with Gasteiger partial charge in [-0.1, -0.05) is 12.1 Å². The molecule has 1 aromatic carbocycles. The Bertz CT molecular complexity index is 402. The van der Waals surface area contributed by atoms with Gasteiger partial charge < -0.3 is 5.32 Å². The highest BCUT2D eigenvalue weighted by Crippen LogP contribution is 2.22. The molecule has 2 unspecified atom stereocenters. The van der Waals surface area contributed by atoms with E-state index in [9.17, 15) is 10.1 Å². The van der Waals surface area contributed by atoms with Gasteiger partial charge in [-0.15, -0.1) is 0 Å². The lowest BCUT2D eigenvalue weighted by atomic mass is 10.1. The van der Waals surface area contributed by atoms with Crippen LogP contribution in [-0.4, -0.2) is 22.5 Å². The summed E-state index contributed by atoms with van der Waals surface area (Å²) in [5.74, 6) is 2.43. The van der Waals surface area contributed by atoms with E-state index in [1.165, 1.54) is 18.6 Å². The van der Waals surface area contributed by atoms with Gasteiger partial charge in [0.25, 0.3) is 5.69 Å². The van der Waals surface area contributed by atoms with Crippen molar-refractivity contribution in [2.75, 3.05) is 11.5 Å². The highest BCUT2D eigenvalue weighted by atomic mass is 32.2. The quantitative estimate of drug-likeness (QED) is 0.672. The molecule has 1 saturated heterocycles. The number of nitro benzene ring substituents is 1. The summed E-state index contributed by atoms with van der Waals surface area (Å²) in [6, 6.07) is 7.63. The van der Waals surface area contributed by atoms with Gasteiger partial charge in [0.05, 0.1) is 4.92 Å². The third-order valence-corrected chi connectivity index (χ3v) is 4.47. The van der Waals surface area contributed by atoms with Crippen molar-refractivity contribution < 1.29 is 4.92 Å². The largest absolute Gasteiger partial charge is 0.307 e. The zero-order chi connectivity index (χ0) is 13.0. The van der Waals surface area contributed by atoms with Gasteiger partial charge in [-0.2, -0.15) is 11.8 Å². The minimum Gasteiger partial charge on any atom is -0.307 e. The van der Waals surface area contributed by atoms with Crippen molar-refractivity contribution in [3.05, 3.63) is 39.9 Å². The normalized spacial score (nSPS) is 21.5. The molecule has 0 aliphatic carbocycles. The lowest BCUT2D eigenvalue weighted by Crippen LogP contribution is -2.35. The van der Waals surface area contributed by atoms with Crippen molar-refractivity contribution in [3.8, 4) is 0 Å². The Hall–Kier alpha value is -1.07. The Kier molecular flexibility index (Phi) is 4.60. The molecule has 0 radical (unpaired) electrons. The first-order chi connectivity index (χ1) is 8.66. The molecule has 18 heavy (non-hydrogen) atoms. The van der Waals surface area contributed by atoms with Crippen LogP contribution >= 0.6 is 11.8 Å². The van der Waals surface area contributed by atoms with Crippen LogP contribution in [0.15, 0.2) is 24.3 Å². The summed E-state index contributed by atoms with van der Waals surface area (Å²) in [4.78, 5) is 10.2. The Morgan fingerprint density at radius 2 is 2.17 bits per heavy atom. The highest BCUT2D eigenvalue weighted by Gasteiger charge is 2.17. The number of nitro groups is 1. The van der Waals surface area contributed by atoms with Gasteiger partial charge in [0, 0.05) is 30.0 Å². The number of nitrogens with one attached hydrogen (secondary N) is 1. The smallest absolute Gasteiger partial charge is 0.269 e. The highest BCUT2D eigenvalue weighted by molar-refractivity contribution is 7.99. The third-order valence-electron chi connectivity index (χ3n) is 3.25. The lowest BCUT2D eigenvalue weighted by Gasteiger charge is -2.26. The van der Waals surface area contributed by atoms with Crippen LogP contribution in [0.25, 0.3) is 0 Å². The van der Waals surface area contributed by atoms with Crippen LogP contribution in [0.2, 0.25) is 0 Å². The van der Waals surface area contributed by atoms with E-state index in [1.54, 1.807) is 12.1 Å². The van der Waals surface area contributed by atoms with Crippen molar-refractivity contribution in [2.24, 2.45) is 0 Å². The van der Waals surface area contributed by atoms with Gasteiger partial charge in [-0.3, -0.25) is 10.1 Å². The Morgan fingerprint density at radius 3 is 2.72 bits per heavy atom. The molecule has 1 fully saturated rings. The fourth-order valence-electron chi connectivity index (χ4n) is 2.21. The van der Waals surface area contributed by atoms with Crippen molar-refractivity contribution in [1.82, 2.24) is 5.32 Å². The van der Waals surface area contributed by atoms with Gasteiger partial charge in [-0.25, -0.2) is 0 Å². The monoisotopic (exact) mass is 266 g/mol. The molecular formula is C13H18N2O2S. The summed E-state index contributed by atoms with van der Waals surface area (Å²) in [7, 11) is 0. The standard InChI is InChI=1S/C13H18N2O2S/c1-10(14-12-3-2-8-18-9-12)11-4-6-13(7-5-11)15(16)17/h4-7,10,12,14H,2-3,8-9H2,1H3. The molecule has 0 bridgehead atoms. The van der Waals surface area contributed by atoms with E-state index in [4.69, 9.17) is 0 Å². The summed E-state index contributed by atoms with van der Waals surface area (Å²) in [6.45, 7) is 2.11. The minimum absolute atomic E-state index is 0.152. The molecule has 1 aliphatic rings. The van der Waals surface area contributed by atoms with Gasteiger partial charge >= 0.3 is 0 Å². The summed E-state index contributed by atoms with van der Waals surface area (Å²) < 4.78 is 0. The molecule has 0 saturated carbocycles. The summed E-state index contributed by atoms with van der Waals surface area (Å²) in [5, 5.41) is 14.2. The van der Waals surface area contributed by atoms with Crippen LogP contribution in [0, 0.1) is 10.1 Å². The van der Waals surface area contributed by atoms with E-state index < -0.39 is 0 Å². The molecule has 1 N–H and O–H groups in total. The molecule has 2 atom stereocenters. The van der Waals surface area contributed by atoms with Crippen LogP contribution in [0.5, 0.6) is 0 Å². The van der Waals surface area contributed by atoms with E-state index in [2.05, 4.69) is 12.2 Å². The maximum Gasteiger partial charge on any atom is 0.269 e. The fourth-order valence-corrected chi connectivity index (χ4v) is 3.29. The molecule has 5 heteroatoms. The van der Waals surface area contributed by atoms with Crippen molar-refractivity contribution in [2.45, 2.75) is 31.8 Å². The first-order valence-corrected chi connectivity index (χ1v) is 7.40. The average Bonchev–Trinajstić information content (AvgIpc) is 2.40. The third kappa shape index (κ3) is 3.46. The van der Waals surface area contributed by atoms with Crippen LogP contribution in [0.3, 0.4) is 0 Å². The number of thioether (sulfide) groups is 1. The van der Waals surface area contributed by atoms with Crippen LogP contribution in [0.4, 0.5) is 5.69 Å².